The standard InChI is InChI=1S/C15H18F3N5O2S/c1-19-14(22-8-12(24)21-7-10-3-2-6-25-10)20-5-4-13-23-11(9-26-13)15(16,17)18/h2-3,6,9H,4-5,7-8H2,1H3,(H,21,24)(H2,19,20,22). The number of hydrogen-bond acceptors (Lipinski definition) is 5. The van der Waals surface area contributed by atoms with Crippen molar-refractivity contribution in [1.29, 1.82) is 0 Å². The van der Waals surface area contributed by atoms with Crippen molar-refractivity contribution >= 4 is 23.2 Å². The summed E-state index contributed by atoms with van der Waals surface area (Å²) in [6.45, 7) is 0.611. The Labute approximate surface area is 151 Å². The van der Waals surface area contributed by atoms with Crippen molar-refractivity contribution in [2.24, 2.45) is 4.99 Å². The second-order valence-electron chi connectivity index (χ2n) is 5.08. The lowest BCUT2D eigenvalue weighted by molar-refractivity contribution is -0.140. The summed E-state index contributed by atoms with van der Waals surface area (Å²) in [5.74, 6) is 0.757. The van der Waals surface area contributed by atoms with Gasteiger partial charge in [-0.3, -0.25) is 9.79 Å². The van der Waals surface area contributed by atoms with Gasteiger partial charge in [-0.25, -0.2) is 4.98 Å². The maximum Gasteiger partial charge on any atom is 0.434 e. The fraction of sp³-hybridized carbons (Fsp3) is 0.400. The molecule has 2 rings (SSSR count). The molecule has 0 atom stereocenters. The summed E-state index contributed by atoms with van der Waals surface area (Å²) in [6, 6.07) is 3.47. The van der Waals surface area contributed by atoms with E-state index in [1.807, 2.05) is 0 Å². The predicted molar refractivity (Wildman–Crippen MR) is 90.7 cm³/mol. The van der Waals surface area contributed by atoms with Crippen LogP contribution in [0.5, 0.6) is 0 Å². The second-order valence-corrected chi connectivity index (χ2v) is 6.03. The molecule has 0 aliphatic carbocycles. The van der Waals surface area contributed by atoms with E-state index in [0.29, 0.717) is 29.7 Å². The Morgan fingerprint density at radius 2 is 2.15 bits per heavy atom. The third kappa shape index (κ3) is 6.39. The molecule has 0 fully saturated rings. The largest absolute Gasteiger partial charge is 0.467 e. The lowest BCUT2D eigenvalue weighted by Crippen LogP contribution is -2.43. The molecule has 142 valence electrons. The first-order valence-electron chi connectivity index (χ1n) is 7.63. The van der Waals surface area contributed by atoms with Crippen LogP contribution < -0.4 is 16.0 Å². The lowest BCUT2D eigenvalue weighted by Gasteiger charge is -2.11. The van der Waals surface area contributed by atoms with Gasteiger partial charge in [-0.1, -0.05) is 0 Å². The van der Waals surface area contributed by atoms with Gasteiger partial charge in [0.05, 0.1) is 24.4 Å². The quantitative estimate of drug-likeness (QED) is 0.496. The molecule has 0 unspecified atom stereocenters. The summed E-state index contributed by atoms with van der Waals surface area (Å²) in [5.41, 5.74) is -0.881. The number of halogens is 3. The fourth-order valence-corrected chi connectivity index (χ4v) is 2.69. The molecule has 1 amide bonds. The van der Waals surface area contributed by atoms with E-state index < -0.39 is 11.9 Å². The molecule has 0 saturated heterocycles. The van der Waals surface area contributed by atoms with Gasteiger partial charge in [-0.2, -0.15) is 13.2 Å². The highest BCUT2D eigenvalue weighted by atomic mass is 32.1. The Kier molecular flexibility index (Phi) is 7.01. The van der Waals surface area contributed by atoms with Crippen molar-refractivity contribution in [3.63, 3.8) is 0 Å². The van der Waals surface area contributed by atoms with Crippen LogP contribution in [0, 0.1) is 0 Å². The first-order chi connectivity index (χ1) is 12.4. The zero-order chi connectivity index (χ0) is 19.0. The number of amides is 1. The van der Waals surface area contributed by atoms with Crippen LogP contribution >= 0.6 is 11.3 Å². The smallest absolute Gasteiger partial charge is 0.434 e. The minimum absolute atomic E-state index is 0.00411. The maximum atomic E-state index is 12.5. The molecule has 0 aromatic carbocycles. The Morgan fingerprint density at radius 3 is 2.77 bits per heavy atom. The highest BCUT2D eigenvalue weighted by molar-refractivity contribution is 7.09. The minimum atomic E-state index is -4.43. The molecule has 2 heterocycles. The SMILES string of the molecule is CN=C(NCCc1nc(C(F)(F)F)cs1)NCC(=O)NCc1ccco1. The molecule has 0 radical (unpaired) electrons. The number of thiazole rings is 1. The maximum absolute atomic E-state index is 12.5. The number of carbonyl (C=O) groups excluding carboxylic acids is 1. The molecule has 7 nitrogen and oxygen atoms in total. The van der Waals surface area contributed by atoms with E-state index in [0.717, 1.165) is 16.7 Å². The molecule has 0 bridgehead atoms. The number of hydrogen-bond donors (Lipinski definition) is 3. The molecular formula is C15H18F3N5O2S. The third-order valence-corrected chi connectivity index (χ3v) is 4.06. The summed E-state index contributed by atoms with van der Waals surface area (Å²) in [5, 5.41) is 9.77. The van der Waals surface area contributed by atoms with Crippen molar-refractivity contribution in [1.82, 2.24) is 20.9 Å². The van der Waals surface area contributed by atoms with Crippen molar-refractivity contribution in [3.8, 4) is 0 Å². The van der Waals surface area contributed by atoms with Crippen LogP contribution in [0.4, 0.5) is 13.2 Å². The number of aromatic nitrogens is 1. The Balaban J connectivity index is 1.67. The highest BCUT2D eigenvalue weighted by Crippen LogP contribution is 2.29. The van der Waals surface area contributed by atoms with Crippen molar-refractivity contribution < 1.29 is 22.4 Å². The normalized spacial score (nSPS) is 12.1. The Hall–Kier alpha value is -2.56. The first-order valence-corrected chi connectivity index (χ1v) is 8.51. The lowest BCUT2D eigenvalue weighted by atomic mass is 10.4. The van der Waals surface area contributed by atoms with Crippen LogP contribution in [0.1, 0.15) is 16.5 Å². The van der Waals surface area contributed by atoms with Crippen molar-refractivity contribution in [3.05, 3.63) is 40.2 Å². The van der Waals surface area contributed by atoms with E-state index in [2.05, 4.69) is 25.9 Å². The molecule has 0 aliphatic rings. The average Bonchev–Trinajstić information content (AvgIpc) is 3.27. The van der Waals surface area contributed by atoms with Crippen LogP contribution in [-0.2, 0) is 23.9 Å². The summed E-state index contributed by atoms with van der Waals surface area (Å²) in [7, 11) is 1.53. The molecule has 2 aromatic rings. The van der Waals surface area contributed by atoms with Crippen LogP contribution in [0.2, 0.25) is 0 Å². The molecule has 2 aromatic heterocycles. The van der Waals surface area contributed by atoms with Gasteiger partial charge in [0.15, 0.2) is 11.7 Å². The molecular weight excluding hydrogens is 371 g/mol. The van der Waals surface area contributed by atoms with Crippen LogP contribution in [0.15, 0.2) is 33.2 Å². The van der Waals surface area contributed by atoms with Gasteiger partial charge in [0.2, 0.25) is 5.91 Å². The molecule has 11 heteroatoms. The van der Waals surface area contributed by atoms with Gasteiger partial charge in [-0.15, -0.1) is 11.3 Å². The van der Waals surface area contributed by atoms with Gasteiger partial charge >= 0.3 is 6.18 Å². The minimum Gasteiger partial charge on any atom is -0.467 e. The van der Waals surface area contributed by atoms with Crippen LogP contribution in [-0.4, -0.2) is 37.0 Å². The van der Waals surface area contributed by atoms with Gasteiger partial charge in [0.25, 0.3) is 0 Å². The molecule has 26 heavy (non-hydrogen) atoms. The number of nitrogens with zero attached hydrogens (tertiary/aromatic N) is 2. The zero-order valence-corrected chi connectivity index (χ0v) is 14.7. The predicted octanol–water partition coefficient (Wildman–Crippen LogP) is 1.78. The number of alkyl halides is 3. The van der Waals surface area contributed by atoms with Crippen LogP contribution in [0.25, 0.3) is 0 Å². The summed E-state index contributed by atoms with van der Waals surface area (Å²) in [4.78, 5) is 19.2. The summed E-state index contributed by atoms with van der Waals surface area (Å²) < 4.78 is 42.6. The van der Waals surface area contributed by atoms with Gasteiger partial charge in [-0.05, 0) is 12.1 Å². The zero-order valence-electron chi connectivity index (χ0n) is 13.9. The van der Waals surface area contributed by atoms with Crippen molar-refractivity contribution in [2.45, 2.75) is 19.1 Å². The highest BCUT2D eigenvalue weighted by Gasteiger charge is 2.33. The topological polar surface area (TPSA) is 91.5 Å². The molecule has 0 spiro atoms. The number of furan rings is 1. The molecule has 0 aliphatic heterocycles. The summed E-state index contributed by atoms with van der Waals surface area (Å²) >= 11 is 0.955. The van der Waals surface area contributed by atoms with Gasteiger partial charge in [0.1, 0.15) is 5.76 Å². The van der Waals surface area contributed by atoms with E-state index >= 15 is 0 Å². The number of rotatable bonds is 7. The van der Waals surface area contributed by atoms with E-state index in [-0.39, 0.29) is 19.0 Å². The summed E-state index contributed by atoms with van der Waals surface area (Å²) in [6.07, 6.45) is -2.60. The Bertz CT molecular complexity index is 728. The monoisotopic (exact) mass is 389 g/mol. The van der Waals surface area contributed by atoms with E-state index in [1.165, 1.54) is 13.3 Å². The van der Waals surface area contributed by atoms with Gasteiger partial charge in [0, 0.05) is 25.4 Å². The van der Waals surface area contributed by atoms with Crippen LogP contribution in [0.3, 0.4) is 0 Å². The second kappa shape index (κ2) is 9.22. The van der Waals surface area contributed by atoms with E-state index in [4.69, 9.17) is 4.42 Å². The fourth-order valence-electron chi connectivity index (χ4n) is 1.89. The number of carbonyl (C=O) groups is 1. The number of nitrogens with one attached hydrogen (secondary N) is 3. The van der Waals surface area contributed by atoms with Crippen molar-refractivity contribution in [2.75, 3.05) is 20.1 Å². The first kappa shape index (κ1) is 19.8. The molecule has 3 N–H and O–H groups in total. The third-order valence-electron chi connectivity index (χ3n) is 3.15. The van der Waals surface area contributed by atoms with E-state index in [1.54, 1.807) is 12.1 Å². The Morgan fingerprint density at radius 1 is 1.35 bits per heavy atom. The number of guanidine groups is 1. The molecule has 0 saturated carbocycles. The average molecular weight is 389 g/mol. The van der Waals surface area contributed by atoms with Gasteiger partial charge < -0.3 is 20.4 Å². The number of aliphatic imine (C=N–C) groups is 1. The van der Waals surface area contributed by atoms with E-state index in [9.17, 15) is 18.0 Å².